The van der Waals surface area contributed by atoms with Crippen LogP contribution in [-0.2, 0) is 0 Å². The van der Waals surface area contributed by atoms with Crippen LogP contribution in [0.2, 0.25) is 0 Å². The van der Waals surface area contributed by atoms with E-state index in [4.69, 9.17) is 5.73 Å². The molecule has 0 atom stereocenters. The van der Waals surface area contributed by atoms with E-state index in [1.54, 1.807) is 0 Å². The Morgan fingerprint density at radius 2 is 1.57 bits per heavy atom. The Morgan fingerprint density at radius 3 is 2.43 bits per heavy atom. The topological polar surface area (TPSA) is 30.9 Å². The van der Waals surface area contributed by atoms with Crippen molar-refractivity contribution in [2.45, 2.75) is 6.92 Å². The Hall–Kier alpha value is -2.74. The highest BCUT2D eigenvalue weighted by molar-refractivity contribution is 6.09. The highest BCUT2D eigenvalue weighted by Crippen LogP contribution is 2.32. The predicted molar refractivity (Wildman–Crippen MR) is 89.9 cm³/mol. The highest BCUT2D eigenvalue weighted by atomic mass is 15.0. The minimum Gasteiger partial charge on any atom is -0.399 e. The molecule has 3 aromatic carbocycles. The molecule has 0 fully saturated rings. The highest BCUT2D eigenvalue weighted by Gasteiger charge is 2.11. The maximum atomic E-state index is 5.97. The van der Waals surface area contributed by atoms with Crippen LogP contribution in [0, 0.1) is 6.92 Å². The maximum absolute atomic E-state index is 5.97. The Balaban J connectivity index is 2.21. The van der Waals surface area contributed by atoms with E-state index in [2.05, 4.69) is 60.0 Å². The Labute approximate surface area is 123 Å². The molecule has 0 saturated heterocycles. The number of benzene rings is 3. The summed E-state index contributed by atoms with van der Waals surface area (Å²) in [7, 11) is 0. The molecule has 21 heavy (non-hydrogen) atoms. The van der Waals surface area contributed by atoms with Crippen molar-refractivity contribution in [1.82, 2.24) is 4.57 Å². The summed E-state index contributed by atoms with van der Waals surface area (Å²) >= 11 is 0. The number of anilines is 1. The van der Waals surface area contributed by atoms with E-state index in [1.165, 1.54) is 27.4 Å². The van der Waals surface area contributed by atoms with Gasteiger partial charge in [0.1, 0.15) is 0 Å². The van der Waals surface area contributed by atoms with Gasteiger partial charge in [-0.1, -0.05) is 36.4 Å². The lowest BCUT2D eigenvalue weighted by molar-refractivity contribution is 1.18. The second-order valence-corrected chi connectivity index (χ2v) is 5.47. The van der Waals surface area contributed by atoms with Crippen molar-refractivity contribution in [1.29, 1.82) is 0 Å². The first-order chi connectivity index (χ1) is 10.2. The van der Waals surface area contributed by atoms with Gasteiger partial charge in [-0.25, -0.2) is 0 Å². The first-order valence-corrected chi connectivity index (χ1v) is 7.10. The number of nitrogens with two attached hydrogens (primary N) is 1. The fourth-order valence-electron chi connectivity index (χ4n) is 3.02. The van der Waals surface area contributed by atoms with E-state index in [1.807, 2.05) is 18.2 Å². The summed E-state index contributed by atoms with van der Waals surface area (Å²) in [6.45, 7) is 2.13. The molecule has 102 valence electrons. The van der Waals surface area contributed by atoms with Crippen LogP contribution in [0.3, 0.4) is 0 Å². The molecule has 4 aromatic rings. The SMILES string of the molecule is Cc1ccc2c3ccccc3n(-c3cccc(N)c3)c2c1. The summed E-state index contributed by atoms with van der Waals surface area (Å²) in [4.78, 5) is 0. The van der Waals surface area contributed by atoms with Gasteiger partial charge in [-0.3, -0.25) is 0 Å². The van der Waals surface area contributed by atoms with Crippen LogP contribution in [0.1, 0.15) is 5.56 Å². The minimum absolute atomic E-state index is 0.783. The van der Waals surface area contributed by atoms with Crippen molar-refractivity contribution in [2.75, 3.05) is 5.73 Å². The maximum Gasteiger partial charge on any atom is 0.0543 e. The molecule has 0 radical (unpaired) electrons. The van der Waals surface area contributed by atoms with E-state index in [-0.39, 0.29) is 0 Å². The first kappa shape index (κ1) is 12.0. The largest absolute Gasteiger partial charge is 0.399 e. The molecule has 0 aliphatic rings. The lowest BCUT2D eigenvalue weighted by Crippen LogP contribution is -1.95. The normalized spacial score (nSPS) is 11.3. The van der Waals surface area contributed by atoms with E-state index in [0.717, 1.165) is 11.4 Å². The van der Waals surface area contributed by atoms with Crippen molar-refractivity contribution in [3.63, 3.8) is 0 Å². The third-order valence-electron chi connectivity index (χ3n) is 3.96. The Morgan fingerprint density at radius 1 is 0.762 bits per heavy atom. The van der Waals surface area contributed by atoms with Gasteiger partial charge in [0.25, 0.3) is 0 Å². The lowest BCUT2D eigenvalue weighted by Gasteiger charge is -2.08. The molecule has 0 aliphatic carbocycles. The van der Waals surface area contributed by atoms with Crippen LogP contribution in [-0.4, -0.2) is 4.57 Å². The fourth-order valence-corrected chi connectivity index (χ4v) is 3.02. The third-order valence-corrected chi connectivity index (χ3v) is 3.96. The monoisotopic (exact) mass is 272 g/mol. The summed E-state index contributed by atoms with van der Waals surface area (Å²) in [6, 6.07) is 23.2. The Bertz CT molecular complexity index is 964. The van der Waals surface area contributed by atoms with Crippen molar-refractivity contribution in [2.24, 2.45) is 0 Å². The molecule has 1 heterocycles. The number of para-hydroxylation sites is 1. The van der Waals surface area contributed by atoms with E-state index >= 15 is 0 Å². The molecule has 4 rings (SSSR count). The first-order valence-electron chi connectivity index (χ1n) is 7.10. The van der Waals surface area contributed by atoms with Crippen LogP contribution in [0.15, 0.2) is 66.7 Å². The number of hydrogen-bond donors (Lipinski definition) is 1. The molecule has 0 amide bonds. The van der Waals surface area contributed by atoms with Gasteiger partial charge in [-0.2, -0.15) is 0 Å². The van der Waals surface area contributed by atoms with Crippen molar-refractivity contribution >= 4 is 27.5 Å². The summed E-state index contributed by atoms with van der Waals surface area (Å²) < 4.78 is 2.29. The van der Waals surface area contributed by atoms with Crippen LogP contribution < -0.4 is 5.73 Å². The Kier molecular flexibility index (Phi) is 2.51. The van der Waals surface area contributed by atoms with Gasteiger partial charge < -0.3 is 10.3 Å². The molecule has 1 aromatic heterocycles. The standard InChI is InChI=1S/C19H16N2/c1-13-9-10-17-16-7-2-3-8-18(16)21(19(17)11-13)15-6-4-5-14(20)12-15/h2-12H,20H2,1H3. The van der Waals surface area contributed by atoms with E-state index in [0.29, 0.717) is 0 Å². The number of nitrogen functional groups attached to an aromatic ring is 1. The predicted octanol–water partition coefficient (Wildman–Crippen LogP) is 4.67. The molecule has 2 nitrogen and oxygen atoms in total. The van der Waals surface area contributed by atoms with Crippen molar-refractivity contribution in [3.05, 3.63) is 72.3 Å². The molecule has 0 aliphatic heterocycles. The fraction of sp³-hybridized carbons (Fsp3) is 0.0526. The van der Waals surface area contributed by atoms with Gasteiger partial charge in [0.05, 0.1) is 11.0 Å². The van der Waals surface area contributed by atoms with Gasteiger partial charge in [0, 0.05) is 22.1 Å². The van der Waals surface area contributed by atoms with Crippen molar-refractivity contribution in [3.8, 4) is 5.69 Å². The zero-order valence-electron chi connectivity index (χ0n) is 11.9. The summed E-state index contributed by atoms with van der Waals surface area (Å²) in [5.74, 6) is 0. The van der Waals surface area contributed by atoms with Gasteiger partial charge in [-0.05, 0) is 42.8 Å². The molecule has 2 heteroatoms. The number of nitrogens with zero attached hydrogens (tertiary/aromatic N) is 1. The minimum atomic E-state index is 0.783. The summed E-state index contributed by atoms with van der Waals surface area (Å²) in [5, 5.41) is 2.55. The zero-order valence-corrected chi connectivity index (χ0v) is 11.9. The molecule has 0 unspecified atom stereocenters. The number of aryl methyl sites for hydroxylation is 1. The quantitative estimate of drug-likeness (QED) is 0.501. The van der Waals surface area contributed by atoms with E-state index < -0.39 is 0 Å². The van der Waals surface area contributed by atoms with Crippen LogP contribution >= 0.6 is 0 Å². The molecular formula is C19H16N2. The van der Waals surface area contributed by atoms with Crippen molar-refractivity contribution < 1.29 is 0 Å². The molecule has 2 N–H and O–H groups in total. The molecule has 0 saturated carbocycles. The molecule has 0 bridgehead atoms. The van der Waals surface area contributed by atoms with Crippen LogP contribution in [0.25, 0.3) is 27.5 Å². The third kappa shape index (κ3) is 1.80. The summed E-state index contributed by atoms with van der Waals surface area (Å²) in [6.07, 6.45) is 0. The second-order valence-electron chi connectivity index (χ2n) is 5.47. The summed E-state index contributed by atoms with van der Waals surface area (Å²) in [5.41, 5.74) is 11.6. The van der Waals surface area contributed by atoms with Crippen LogP contribution in [0.5, 0.6) is 0 Å². The van der Waals surface area contributed by atoms with Gasteiger partial charge in [0.2, 0.25) is 0 Å². The van der Waals surface area contributed by atoms with Gasteiger partial charge >= 0.3 is 0 Å². The van der Waals surface area contributed by atoms with E-state index in [9.17, 15) is 0 Å². The van der Waals surface area contributed by atoms with Crippen LogP contribution in [0.4, 0.5) is 5.69 Å². The number of fused-ring (bicyclic) bond motifs is 3. The average molecular weight is 272 g/mol. The van der Waals surface area contributed by atoms with Gasteiger partial charge in [0.15, 0.2) is 0 Å². The molecule has 0 spiro atoms. The lowest BCUT2D eigenvalue weighted by atomic mass is 10.1. The smallest absolute Gasteiger partial charge is 0.0543 e. The number of rotatable bonds is 1. The molecular weight excluding hydrogens is 256 g/mol. The average Bonchev–Trinajstić information content (AvgIpc) is 2.80. The second kappa shape index (κ2) is 4.38. The van der Waals surface area contributed by atoms with Gasteiger partial charge in [-0.15, -0.1) is 0 Å². The number of aromatic nitrogens is 1. The zero-order chi connectivity index (χ0) is 14.4. The number of hydrogen-bond acceptors (Lipinski definition) is 1.